The molecule has 0 spiro atoms. The average Bonchev–Trinajstić information content (AvgIpc) is 2.46. The molecule has 0 aliphatic rings. The zero-order chi connectivity index (χ0) is 9.84. The Balaban J connectivity index is 3.02. The lowest BCUT2D eigenvalue weighted by Crippen LogP contribution is -1.99. The van der Waals surface area contributed by atoms with Gasteiger partial charge in [0.05, 0.1) is 12.8 Å². The highest BCUT2D eigenvalue weighted by atomic mass is 32.1. The van der Waals surface area contributed by atoms with Gasteiger partial charge in [-0.2, -0.15) is 0 Å². The Bertz CT molecular complexity index is 346. The van der Waals surface area contributed by atoms with Crippen molar-refractivity contribution < 1.29 is 14.7 Å². The van der Waals surface area contributed by atoms with Crippen LogP contribution in [0.2, 0.25) is 0 Å². The summed E-state index contributed by atoms with van der Waals surface area (Å²) in [5.41, 5.74) is 0.576. The number of esters is 1. The summed E-state index contributed by atoms with van der Waals surface area (Å²) in [6, 6.07) is 0. The quantitative estimate of drug-likeness (QED) is 0.335. The first-order chi connectivity index (χ1) is 6.19. The van der Waals surface area contributed by atoms with Crippen LogP contribution in [0.1, 0.15) is 20.4 Å². The molecule has 1 N–H and O–H groups in total. The van der Waals surface area contributed by atoms with Crippen LogP contribution in [0.5, 0.6) is 0 Å². The Morgan fingerprint density at radius 1 is 1.77 bits per heavy atom. The van der Waals surface area contributed by atoms with E-state index in [4.69, 9.17) is 5.21 Å². The van der Waals surface area contributed by atoms with Crippen molar-refractivity contribution in [3.05, 3.63) is 15.6 Å². The molecule has 0 fully saturated rings. The van der Waals surface area contributed by atoms with Crippen molar-refractivity contribution in [1.29, 1.82) is 0 Å². The fraction of sp³-hybridized carbons (Fsp3) is 0.286. The van der Waals surface area contributed by atoms with E-state index in [1.807, 2.05) is 0 Å². The maximum absolute atomic E-state index is 11.1. The van der Waals surface area contributed by atoms with Crippen LogP contribution < -0.4 is 0 Å². The largest absolute Gasteiger partial charge is 0.465 e. The van der Waals surface area contributed by atoms with Crippen LogP contribution >= 0.6 is 11.3 Å². The Labute approximate surface area is 78.7 Å². The molecule has 1 rings (SSSR count). The lowest BCUT2D eigenvalue weighted by atomic mass is 10.4. The van der Waals surface area contributed by atoms with Gasteiger partial charge < -0.3 is 9.94 Å². The molecular formula is C7H8N2O3S. The highest BCUT2D eigenvalue weighted by Gasteiger charge is 2.14. The van der Waals surface area contributed by atoms with Crippen molar-refractivity contribution in [3.63, 3.8) is 0 Å². The summed E-state index contributed by atoms with van der Waals surface area (Å²) in [7, 11) is 1.31. The number of ether oxygens (including phenoxy) is 1. The molecule has 0 aromatic carbocycles. The lowest BCUT2D eigenvalue weighted by Gasteiger charge is -1.92. The molecule has 6 heteroatoms. The van der Waals surface area contributed by atoms with Crippen LogP contribution in [-0.2, 0) is 4.74 Å². The Morgan fingerprint density at radius 3 is 3.00 bits per heavy atom. The minimum atomic E-state index is -0.424. The summed E-state index contributed by atoms with van der Waals surface area (Å²) in [5.74, 6) is -0.424. The van der Waals surface area contributed by atoms with E-state index < -0.39 is 5.97 Å². The normalized spacial score (nSPS) is 10.6. The third-order valence-corrected chi connectivity index (χ3v) is 2.42. The molecule has 0 saturated heterocycles. The van der Waals surface area contributed by atoms with Gasteiger partial charge in [-0.1, -0.05) is 5.16 Å². The number of aromatic nitrogens is 1. The van der Waals surface area contributed by atoms with Gasteiger partial charge in [-0.15, -0.1) is 11.3 Å². The number of hydrogen-bond donors (Lipinski definition) is 1. The number of carbonyl (C=O) groups is 1. The van der Waals surface area contributed by atoms with Gasteiger partial charge in [-0.05, 0) is 6.92 Å². The van der Waals surface area contributed by atoms with Crippen LogP contribution in [-0.4, -0.2) is 29.5 Å². The van der Waals surface area contributed by atoms with E-state index in [0.717, 1.165) is 11.3 Å². The minimum absolute atomic E-state index is 0.424. The number of nitrogens with zero attached hydrogens (tertiary/aromatic N) is 2. The van der Waals surface area contributed by atoms with Gasteiger partial charge in [0.1, 0.15) is 16.1 Å². The molecule has 0 aliphatic heterocycles. The van der Waals surface area contributed by atoms with Crippen LogP contribution in [0.15, 0.2) is 5.16 Å². The molecule has 0 aliphatic carbocycles. The predicted octanol–water partition coefficient (Wildman–Crippen LogP) is 1.05. The lowest BCUT2D eigenvalue weighted by molar-refractivity contribution is 0.0605. The number of hydrogen-bond acceptors (Lipinski definition) is 6. The number of oxime groups is 1. The molecule has 0 unspecified atom stereocenters. The summed E-state index contributed by atoms with van der Waals surface area (Å²) in [4.78, 5) is 15.5. The summed E-state index contributed by atoms with van der Waals surface area (Å²) in [6.07, 6.45) is 1.17. The summed E-state index contributed by atoms with van der Waals surface area (Å²) >= 11 is 1.12. The number of carbonyl (C=O) groups excluding carboxylic acids is 1. The zero-order valence-corrected chi connectivity index (χ0v) is 7.96. The molecule has 0 bridgehead atoms. The first kappa shape index (κ1) is 9.66. The van der Waals surface area contributed by atoms with Crippen LogP contribution in [0.3, 0.4) is 0 Å². The van der Waals surface area contributed by atoms with Crippen molar-refractivity contribution in [1.82, 2.24) is 4.98 Å². The van der Waals surface area contributed by atoms with Crippen molar-refractivity contribution in [2.75, 3.05) is 7.11 Å². The average molecular weight is 200 g/mol. The number of thiazole rings is 1. The molecule has 0 saturated carbocycles. The first-order valence-corrected chi connectivity index (χ1v) is 4.24. The van der Waals surface area contributed by atoms with Gasteiger partial charge in [0, 0.05) is 0 Å². The second-order valence-corrected chi connectivity index (χ2v) is 3.23. The summed E-state index contributed by atoms with van der Waals surface area (Å²) in [6.45, 7) is 1.69. The highest BCUT2D eigenvalue weighted by Crippen LogP contribution is 2.17. The van der Waals surface area contributed by atoms with E-state index in [0.29, 0.717) is 15.6 Å². The van der Waals surface area contributed by atoms with Crippen molar-refractivity contribution >= 4 is 23.5 Å². The molecular weight excluding hydrogens is 192 g/mol. The Hall–Kier alpha value is -1.43. The van der Waals surface area contributed by atoms with E-state index in [2.05, 4.69) is 14.9 Å². The van der Waals surface area contributed by atoms with Gasteiger partial charge in [-0.3, -0.25) is 0 Å². The third-order valence-electron chi connectivity index (χ3n) is 1.35. The molecule has 1 aromatic heterocycles. The predicted molar refractivity (Wildman–Crippen MR) is 47.6 cm³/mol. The SMILES string of the molecule is COC(=O)c1sc(/C=N\O)nc1C. The number of aryl methyl sites for hydroxylation is 1. The van der Waals surface area contributed by atoms with Crippen LogP contribution in [0.25, 0.3) is 0 Å². The van der Waals surface area contributed by atoms with Gasteiger partial charge in [-0.25, -0.2) is 9.78 Å². The molecule has 1 heterocycles. The van der Waals surface area contributed by atoms with Crippen molar-refractivity contribution in [2.45, 2.75) is 6.92 Å². The smallest absolute Gasteiger partial charge is 0.349 e. The fourth-order valence-electron chi connectivity index (χ4n) is 0.804. The van der Waals surface area contributed by atoms with Gasteiger partial charge in [0.2, 0.25) is 0 Å². The topological polar surface area (TPSA) is 71.8 Å². The maximum Gasteiger partial charge on any atom is 0.349 e. The highest BCUT2D eigenvalue weighted by molar-refractivity contribution is 7.15. The second-order valence-electron chi connectivity index (χ2n) is 2.20. The van der Waals surface area contributed by atoms with Crippen molar-refractivity contribution in [2.24, 2.45) is 5.16 Å². The third kappa shape index (κ3) is 2.03. The first-order valence-electron chi connectivity index (χ1n) is 3.42. The van der Waals surface area contributed by atoms with E-state index >= 15 is 0 Å². The number of methoxy groups -OCH3 is 1. The van der Waals surface area contributed by atoms with E-state index in [-0.39, 0.29) is 0 Å². The van der Waals surface area contributed by atoms with Gasteiger partial charge in [0.25, 0.3) is 0 Å². The van der Waals surface area contributed by atoms with Crippen LogP contribution in [0.4, 0.5) is 0 Å². The molecule has 70 valence electrons. The fourth-order valence-corrected chi connectivity index (χ4v) is 1.66. The Morgan fingerprint density at radius 2 is 2.46 bits per heavy atom. The minimum Gasteiger partial charge on any atom is -0.465 e. The summed E-state index contributed by atoms with van der Waals surface area (Å²) in [5, 5.41) is 11.5. The molecule has 13 heavy (non-hydrogen) atoms. The molecule has 1 aromatic rings. The molecule has 0 radical (unpaired) electrons. The van der Waals surface area contributed by atoms with Crippen LogP contribution in [0, 0.1) is 6.92 Å². The molecule has 5 nitrogen and oxygen atoms in total. The zero-order valence-electron chi connectivity index (χ0n) is 7.14. The standard InChI is InChI=1S/C7H8N2O3S/c1-4-6(7(10)12-2)13-5(9-4)3-8-11/h3,11H,1-2H3/b8-3-. The monoisotopic (exact) mass is 200 g/mol. The molecule has 0 amide bonds. The molecule has 0 atom stereocenters. The Kier molecular flexibility index (Phi) is 2.97. The maximum atomic E-state index is 11.1. The van der Waals surface area contributed by atoms with Crippen molar-refractivity contribution in [3.8, 4) is 0 Å². The second kappa shape index (κ2) is 3.99. The van der Waals surface area contributed by atoms with E-state index in [1.165, 1.54) is 13.3 Å². The van der Waals surface area contributed by atoms with Gasteiger partial charge >= 0.3 is 5.97 Å². The summed E-state index contributed by atoms with van der Waals surface area (Å²) < 4.78 is 4.53. The van der Waals surface area contributed by atoms with E-state index in [9.17, 15) is 4.79 Å². The number of rotatable bonds is 2. The van der Waals surface area contributed by atoms with E-state index in [1.54, 1.807) is 6.92 Å². The van der Waals surface area contributed by atoms with Gasteiger partial charge in [0.15, 0.2) is 0 Å².